The van der Waals surface area contributed by atoms with Gasteiger partial charge in [-0.3, -0.25) is 9.58 Å². The molecular weight excluding hydrogens is 310 g/mol. The smallest absolute Gasteiger partial charge is 0.151 e. The van der Waals surface area contributed by atoms with Crippen molar-refractivity contribution in [1.29, 1.82) is 0 Å². The van der Waals surface area contributed by atoms with E-state index < -0.39 is 9.84 Å². The minimum atomic E-state index is -2.86. The maximum Gasteiger partial charge on any atom is 0.151 e. The second kappa shape index (κ2) is 6.84. The summed E-state index contributed by atoms with van der Waals surface area (Å²) in [7, 11) is -2.86. The van der Waals surface area contributed by atoms with Gasteiger partial charge in [0, 0.05) is 17.8 Å². The van der Waals surface area contributed by atoms with Gasteiger partial charge in [0.15, 0.2) is 9.84 Å². The van der Waals surface area contributed by atoms with E-state index in [4.69, 9.17) is 0 Å². The van der Waals surface area contributed by atoms with Crippen LogP contribution in [0.25, 0.3) is 11.3 Å². The van der Waals surface area contributed by atoms with E-state index in [-0.39, 0.29) is 11.8 Å². The van der Waals surface area contributed by atoms with Crippen LogP contribution in [0.15, 0.2) is 42.6 Å². The van der Waals surface area contributed by atoms with Crippen molar-refractivity contribution < 1.29 is 8.42 Å². The molecule has 6 heteroatoms. The molecule has 1 saturated heterocycles. The summed E-state index contributed by atoms with van der Waals surface area (Å²) in [4.78, 5) is 2.24. The first kappa shape index (κ1) is 16.2. The lowest BCUT2D eigenvalue weighted by atomic mass is 10.2. The predicted molar refractivity (Wildman–Crippen MR) is 91.7 cm³/mol. The van der Waals surface area contributed by atoms with Gasteiger partial charge in [0.05, 0.1) is 23.9 Å². The molecule has 1 aliphatic rings. The Hall–Kier alpha value is -1.66. The lowest BCUT2D eigenvalue weighted by Crippen LogP contribution is -2.38. The summed E-state index contributed by atoms with van der Waals surface area (Å²) >= 11 is 0. The molecule has 0 bridgehead atoms. The summed E-state index contributed by atoms with van der Waals surface area (Å²) in [6.45, 7) is 3.65. The highest BCUT2D eigenvalue weighted by molar-refractivity contribution is 7.91. The van der Waals surface area contributed by atoms with E-state index in [1.807, 2.05) is 47.3 Å². The molecule has 1 aromatic carbocycles. The quantitative estimate of drug-likeness (QED) is 0.814. The van der Waals surface area contributed by atoms with Crippen LogP contribution in [0.2, 0.25) is 0 Å². The summed E-state index contributed by atoms with van der Waals surface area (Å²) in [6.07, 6.45) is 3.70. The van der Waals surface area contributed by atoms with Crippen molar-refractivity contribution >= 4 is 9.84 Å². The molecule has 1 aliphatic heterocycles. The zero-order chi connectivity index (χ0) is 16.3. The Kier molecular flexibility index (Phi) is 4.82. The van der Waals surface area contributed by atoms with Crippen molar-refractivity contribution in [1.82, 2.24) is 14.7 Å². The van der Waals surface area contributed by atoms with Crippen molar-refractivity contribution in [3.8, 4) is 11.3 Å². The molecule has 2 aromatic rings. The fourth-order valence-corrected chi connectivity index (χ4v) is 4.87. The summed E-state index contributed by atoms with van der Waals surface area (Å²) in [5, 5.41) is 4.64. The highest BCUT2D eigenvalue weighted by Crippen LogP contribution is 2.20. The van der Waals surface area contributed by atoms with Gasteiger partial charge in [0.2, 0.25) is 0 Å². The summed E-state index contributed by atoms with van der Waals surface area (Å²) in [5.41, 5.74) is 2.04. The first-order valence-corrected chi connectivity index (χ1v) is 9.93. The Morgan fingerprint density at radius 3 is 2.70 bits per heavy atom. The predicted octanol–water partition coefficient (Wildman–Crippen LogP) is 2.41. The van der Waals surface area contributed by atoms with Crippen molar-refractivity contribution in [2.75, 3.05) is 18.1 Å². The first-order valence-electron chi connectivity index (χ1n) is 8.11. The van der Waals surface area contributed by atoms with Gasteiger partial charge in [-0.1, -0.05) is 37.3 Å². The Morgan fingerprint density at radius 1 is 1.26 bits per heavy atom. The number of aromatic nitrogens is 2. The van der Waals surface area contributed by atoms with E-state index in [0.717, 1.165) is 30.6 Å². The zero-order valence-corrected chi connectivity index (χ0v) is 14.2. The topological polar surface area (TPSA) is 55.2 Å². The van der Waals surface area contributed by atoms with E-state index in [9.17, 15) is 8.42 Å². The maximum absolute atomic E-state index is 11.7. The Bertz CT molecular complexity index is 740. The minimum absolute atomic E-state index is 0.115. The minimum Gasteiger partial charge on any atom is -0.280 e. The molecule has 0 unspecified atom stereocenters. The number of sulfone groups is 1. The van der Waals surface area contributed by atoms with Crippen LogP contribution in [-0.4, -0.2) is 47.2 Å². The van der Waals surface area contributed by atoms with Crippen LogP contribution in [0.1, 0.15) is 19.8 Å². The molecule has 1 aromatic heterocycles. The normalized spacial score (nSPS) is 20.2. The van der Waals surface area contributed by atoms with Gasteiger partial charge in [0.25, 0.3) is 0 Å². The van der Waals surface area contributed by atoms with Crippen LogP contribution in [0.5, 0.6) is 0 Å². The first-order chi connectivity index (χ1) is 11.1. The molecule has 23 heavy (non-hydrogen) atoms. The summed E-state index contributed by atoms with van der Waals surface area (Å²) < 4.78 is 25.4. The van der Waals surface area contributed by atoms with E-state index in [0.29, 0.717) is 12.4 Å². The number of hydrogen-bond acceptors (Lipinski definition) is 4. The van der Waals surface area contributed by atoms with Gasteiger partial charge in [0.1, 0.15) is 0 Å². The zero-order valence-electron chi connectivity index (χ0n) is 13.4. The van der Waals surface area contributed by atoms with Gasteiger partial charge >= 0.3 is 0 Å². The van der Waals surface area contributed by atoms with E-state index in [1.54, 1.807) is 0 Å². The maximum atomic E-state index is 11.7. The number of hydrogen-bond donors (Lipinski definition) is 0. The number of nitrogens with zero attached hydrogens (tertiary/aromatic N) is 3. The third-order valence-electron chi connectivity index (χ3n) is 4.27. The fourth-order valence-electron chi connectivity index (χ4n) is 3.11. The van der Waals surface area contributed by atoms with Crippen LogP contribution in [0.3, 0.4) is 0 Å². The standard InChI is InChI=1S/C17H23N3O2S/c1-2-10-19(16-9-12-23(21,22)13-16)14-20-11-8-17(18-20)15-6-4-3-5-7-15/h3-8,11,16H,2,9-10,12-14H2,1H3/t16-/m0/s1. The number of rotatable bonds is 6. The molecule has 3 rings (SSSR count). The number of benzene rings is 1. The molecule has 1 atom stereocenters. The Labute approximate surface area is 137 Å². The molecule has 0 saturated carbocycles. The molecule has 0 radical (unpaired) electrons. The molecule has 0 N–H and O–H groups in total. The lowest BCUT2D eigenvalue weighted by Gasteiger charge is -2.27. The van der Waals surface area contributed by atoms with E-state index in [1.165, 1.54) is 0 Å². The van der Waals surface area contributed by atoms with Crippen LogP contribution < -0.4 is 0 Å². The van der Waals surface area contributed by atoms with Crippen molar-refractivity contribution in [3.63, 3.8) is 0 Å². The second-order valence-corrected chi connectivity index (χ2v) is 8.35. The largest absolute Gasteiger partial charge is 0.280 e. The molecule has 124 valence electrons. The fraction of sp³-hybridized carbons (Fsp3) is 0.471. The second-order valence-electron chi connectivity index (χ2n) is 6.12. The highest BCUT2D eigenvalue weighted by Gasteiger charge is 2.32. The van der Waals surface area contributed by atoms with Gasteiger partial charge in [-0.15, -0.1) is 0 Å². The molecule has 2 heterocycles. The molecule has 1 fully saturated rings. The average Bonchev–Trinajstić information content (AvgIpc) is 3.14. The van der Waals surface area contributed by atoms with Gasteiger partial charge in [-0.25, -0.2) is 8.42 Å². The Morgan fingerprint density at radius 2 is 2.04 bits per heavy atom. The highest BCUT2D eigenvalue weighted by atomic mass is 32.2. The SMILES string of the molecule is CCCN(Cn1ccc(-c2ccccc2)n1)[C@H]1CCS(=O)(=O)C1. The van der Waals surface area contributed by atoms with Gasteiger partial charge in [-0.05, 0) is 25.5 Å². The van der Waals surface area contributed by atoms with Crippen LogP contribution in [0, 0.1) is 0 Å². The van der Waals surface area contributed by atoms with E-state index >= 15 is 0 Å². The lowest BCUT2D eigenvalue weighted by molar-refractivity contribution is 0.157. The van der Waals surface area contributed by atoms with Crippen molar-refractivity contribution in [2.45, 2.75) is 32.5 Å². The van der Waals surface area contributed by atoms with Gasteiger partial charge in [-0.2, -0.15) is 5.10 Å². The summed E-state index contributed by atoms with van der Waals surface area (Å²) in [6, 6.07) is 12.2. The van der Waals surface area contributed by atoms with Crippen molar-refractivity contribution in [3.05, 3.63) is 42.6 Å². The molecule has 0 aliphatic carbocycles. The molecule has 5 nitrogen and oxygen atoms in total. The van der Waals surface area contributed by atoms with Gasteiger partial charge < -0.3 is 0 Å². The Balaban J connectivity index is 1.72. The van der Waals surface area contributed by atoms with Crippen LogP contribution in [-0.2, 0) is 16.5 Å². The summed E-state index contributed by atoms with van der Waals surface area (Å²) in [5.74, 6) is 0.589. The molecule has 0 amide bonds. The monoisotopic (exact) mass is 333 g/mol. The van der Waals surface area contributed by atoms with E-state index in [2.05, 4.69) is 16.9 Å². The molecule has 0 spiro atoms. The third kappa shape index (κ3) is 4.00. The van der Waals surface area contributed by atoms with Crippen LogP contribution in [0.4, 0.5) is 0 Å². The van der Waals surface area contributed by atoms with Crippen LogP contribution >= 0.6 is 0 Å². The third-order valence-corrected chi connectivity index (χ3v) is 6.02. The molecular formula is C17H23N3O2S. The van der Waals surface area contributed by atoms with Crippen molar-refractivity contribution in [2.24, 2.45) is 0 Å². The average molecular weight is 333 g/mol.